The van der Waals surface area contributed by atoms with Gasteiger partial charge in [0.2, 0.25) is 5.91 Å². The first-order valence-corrected chi connectivity index (χ1v) is 10.7. The van der Waals surface area contributed by atoms with E-state index in [4.69, 9.17) is 0 Å². The van der Waals surface area contributed by atoms with E-state index < -0.39 is 0 Å². The first kappa shape index (κ1) is 19.2. The molecule has 1 heterocycles. The average molecular weight is 351 g/mol. The van der Waals surface area contributed by atoms with Gasteiger partial charge in [0.05, 0.1) is 6.54 Å². The van der Waals surface area contributed by atoms with Crippen LogP contribution in [-0.4, -0.2) is 60.1 Å². The molecule has 1 N–H and O–H groups in total. The Morgan fingerprint density at radius 1 is 1.04 bits per heavy atom. The van der Waals surface area contributed by atoms with Crippen LogP contribution >= 0.6 is 0 Å². The quantitative estimate of drug-likeness (QED) is 0.766. The second-order valence-corrected chi connectivity index (χ2v) is 9.34. The molecule has 0 unspecified atom stereocenters. The Bertz CT molecular complexity index is 420. The lowest BCUT2D eigenvalue weighted by Gasteiger charge is -2.36. The largest absolute Gasteiger partial charge is 0.396 e. The summed E-state index contributed by atoms with van der Waals surface area (Å²) < 4.78 is 0. The van der Waals surface area contributed by atoms with Gasteiger partial charge in [0.15, 0.2) is 0 Å². The van der Waals surface area contributed by atoms with E-state index in [1.165, 1.54) is 51.4 Å². The fourth-order valence-corrected chi connectivity index (χ4v) is 5.33. The van der Waals surface area contributed by atoms with Gasteiger partial charge in [0.25, 0.3) is 0 Å². The van der Waals surface area contributed by atoms with Gasteiger partial charge in [-0.05, 0) is 55.8 Å². The average Bonchev–Trinajstić information content (AvgIpc) is 3.27. The number of carbonyl (C=O) groups excluding carboxylic acids is 1. The van der Waals surface area contributed by atoms with E-state index in [9.17, 15) is 9.90 Å². The molecule has 3 aliphatic rings. The normalized spacial score (nSPS) is 25.2. The minimum atomic E-state index is 0.272. The molecule has 3 rings (SSSR count). The lowest BCUT2D eigenvalue weighted by atomic mass is 9.88. The van der Waals surface area contributed by atoms with Gasteiger partial charge < -0.3 is 10.0 Å². The summed E-state index contributed by atoms with van der Waals surface area (Å²) in [5.74, 6) is 1.52. The molecule has 0 spiro atoms. The van der Waals surface area contributed by atoms with Crippen LogP contribution in [0.15, 0.2) is 0 Å². The van der Waals surface area contributed by atoms with Gasteiger partial charge in [-0.1, -0.05) is 32.6 Å². The Morgan fingerprint density at radius 2 is 1.68 bits per heavy atom. The third kappa shape index (κ3) is 5.43. The molecular formula is C21H38N2O2. The van der Waals surface area contributed by atoms with E-state index in [1.54, 1.807) is 0 Å². The zero-order valence-corrected chi connectivity index (χ0v) is 16.2. The third-order valence-electron chi connectivity index (χ3n) is 6.99. The molecular weight excluding hydrogens is 312 g/mol. The van der Waals surface area contributed by atoms with Crippen LogP contribution in [0.25, 0.3) is 0 Å². The smallest absolute Gasteiger partial charge is 0.236 e. The maximum absolute atomic E-state index is 12.9. The second-order valence-electron chi connectivity index (χ2n) is 9.34. The van der Waals surface area contributed by atoms with Crippen molar-refractivity contribution in [3.05, 3.63) is 0 Å². The number of hydrogen-bond donors (Lipinski definition) is 1. The maximum atomic E-state index is 12.9. The summed E-state index contributed by atoms with van der Waals surface area (Å²) >= 11 is 0. The van der Waals surface area contributed by atoms with Crippen molar-refractivity contribution >= 4 is 5.91 Å². The topological polar surface area (TPSA) is 43.8 Å². The highest BCUT2D eigenvalue weighted by molar-refractivity contribution is 5.78. The predicted octanol–water partition coefficient (Wildman–Crippen LogP) is 3.29. The molecule has 0 aromatic heterocycles. The van der Waals surface area contributed by atoms with E-state index in [0.29, 0.717) is 23.8 Å². The second kappa shape index (κ2) is 8.85. The minimum Gasteiger partial charge on any atom is -0.396 e. The van der Waals surface area contributed by atoms with Crippen LogP contribution in [0.2, 0.25) is 0 Å². The summed E-state index contributed by atoms with van der Waals surface area (Å²) in [6, 6.07) is 0. The number of aliphatic hydroxyl groups excluding tert-OH is 1. The number of carbonyl (C=O) groups is 1. The van der Waals surface area contributed by atoms with Crippen molar-refractivity contribution in [3.8, 4) is 0 Å². The monoisotopic (exact) mass is 350 g/mol. The molecule has 0 aromatic carbocycles. The standard InChI is InChI=1S/C21H38N2O2/c1-21(10-4-5-11-21)17-22(14-18-6-2-3-7-18)15-20(25)23-12-8-19(16-24)9-13-23/h18-19,24H,2-17H2,1H3. The van der Waals surface area contributed by atoms with Crippen LogP contribution < -0.4 is 0 Å². The molecule has 25 heavy (non-hydrogen) atoms. The molecule has 0 radical (unpaired) electrons. The van der Waals surface area contributed by atoms with Gasteiger partial charge >= 0.3 is 0 Å². The van der Waals surface area contributed by atoms with Gasteiger partial charge in [-0.15, -0.1) is 0 Å². The van der Waals surface area contributed by atoms with E-state index in [1.807, 2.05) is 4.90 Å². The fraction of sp³-hybridized carbons (Fsp3) is 0.952. The van der Waals surface area contributed by atoms with Crippen LogP contribution in [-0.2, 0) is 4.79 Å². The fourth-order valence-electron chi connectivity index (χ4n) is 5.33. The summed E-state index contributed by atoms with van der Waals surface area (Å²) in [6.45, 7) is 7.19. The van der Waals surface area contributed by atoms with Crippen LogP contribution in [0.1, 0.15) is 71.1 Å². The van der Waals surface area contributed by atoms with Gasteiger partial charge in [0, 0.05) is 32.8 Å². The molecule has 0 atom stereocenters. The van der Waals surface area contributed by atoms with Crippen LogP contribution in [0.5, 0.6) is 0 Å². The first-order valence-electron chi connectivity index (χ1n) is 10.7. The summed E-state index contributed by atoms with van der Waals surface area (Å²) in [4.78, 5) is 17.4. The lowest BCUT2D eigenvalue weighted by molar-refractivity contribution is -0.134. The van der Waals surface area contributed by atoms with Gasteiger partial charge in [0.1, 0.15) is 0 Å². The summed E-state index contributed by atoms with van der Waals surface area (Å²) in [7, 11) is 0. The van der Waals surface area contributed by atoms with Crippen molar-refractivity contribution in [1.82, 2.24) is 9.80 Å². The Hall–Kier alpha value is -0.610. The summed E-state index contributed by atoms with van der Waals surface area (Å²) in [5.41, 5.74) is 0.419. The number of hydrogen-bond acceptors (Lipinski definition) is 3. The highest BCUT2D eigenvalue weighted by Crippen LogP contribution is 2.38. The molecule has 1 saturated heterocycles. The molecule has 1 aliphatic heterocycles. The number of piperidine rings is 1. The van der Waals surface area contributed by atoms with Gasteiger partial charge in [-0.3, -0.25) is 9.69 Å². The SMILES string of the molecule is CC1(CN(CC(=O)N2CCC(CO)CC2)CC2CCCC2)CCCC1. The maximum Gasteiger partial charge on any atom is 0.236 e. The molecule has 0 bridgehead atoms. The van der Waals surface area contributed by atoms with Crippen LogP contribution in [0.4, 0.5) is 0 Å². The predicted molar refractivity (Wildman–Crippen MR) is 101 cm³/mol. The van der Waals surface area contributed by atoms with Crippen molar-refractivity contribution in [2.45, 2.75) is 71.1 Å². The molecule has 3 fully saturated rings. The lowest BCUT2D eigenvalue weighted by Crippen LogP contribution is -2.47. The van der Waals surface area contributed by atoms with Gasteiger partial charge in [-0.2, -0.15) is 0 Å². The highest BCUT2D eigenvalue weighted by Gasteiger charge is 2.33. The Morgan fingerprint density at radius 3 is 2.28 bits per heavy atom. The summed E-state index contributed by atoms with van der Waals surface area (Å²) in [6.07, 6.45) is 12.7. The van der Waals surface area contributed by atoms with E-state index in [0.717, 1.165) is 44.9 Å². The Kier molecular flexibility index (Phi) is 6.79. The van der Waals surface area contributed by atoms with Crippen molar-refractivity contribution in [2.75, 3.05) is 39.3 Å². The molecule has 1 amide bonds. The molecule has 4 heteroatoms. The van der Waals surface area contributed by atoms with Crippen LogP contribution in [0.3, 0.4) is 0 Å². The highest BCUT2D eigenvalue weighted by atomic mass is 16.3. The van der Waals surface area contributed by atoms with E-state index >= 15 is 0 Å². The number of likely N-dealkylation sites (tertiary alicyclic amines) is 1. The number of aliphatic hydroxyl groups is 1. The van der Waals surface area contributed by atoms with E-state index in [2.05, 4.69) is 11.8 Å². The Balaban J connectivity index is 1.55. The van der Waals surface area contributed by atoms with Crippen LogP contribution in [0, 0.1) is 17.3 Å². The summed E-state index contributed by atoms with van der Waals surface area (Å²) in [5, 5.41) is 9.30. The Labute approximate surface area is 153 Å². The minimum absolute atomic E-state index is 0.272. The molecule has 2 aliphatic carbocycles. The van der Waals surface area contributed by atoms with Crippen molar-refractivity contribution in [1.29, 1.82) is 0 Å². The van der Waals surface area contributed by atoms with Crippen molar-refractivity contribution < 1.29 is 9.90 Å². The zero-order chi connectivity index (χ0) is 17.7. The number of nitrogens with zero attached hydrogens (tertiary/aromatic N) is 2. The van der Waals surface area contributed by atoms with Crippen molar-refractivity contribution in [2.24, 2.45) is 17.3 Å². The first-order chi connectivity index (χ1) is 12.1. The molecule has 2 saturated carbocycles. The van der Waals surface area contributed by atoms with Crippen molar-refractivity contribution in [3.63, 3.8) is 0 Å². The third-order valence-corrected chi connectivity index (χ3v) is 6.99. The zero-order valence-electron chi connectivity index (χ0n) is 16.2. The molecule has 0 aromatic rings. The molecule has 4 nitrogen and oxygen atoms in total. The molecule has 144 valence electrons. The van der Waals surface area contributed by atoms with Gasteiger partial charge in [-0.25, -0.2) is 0 Å². The number of rotatable bonds is 7. The number of amides is 1. The van der Waals surface area contributed by atoms with E-state index in [-0.39, 0.29) is 6.61 Å².